The summed E-state index contributed by atoms with van der Waals surface area (Å²) in [6.07, 6.45) is 2.86. The second-order valence-electron chi connectivity index (χ2n) is 3.94. The smallest absolute Gasteiger partial charge is 0.137 e. The molecule has 1 atom stereocenters. The molecule has 0 spiro atoms. The Hall–Kier alpha value is -1.29. The van der Waals surface area contributed by atoms with Crippen LogP contribution in [-0.2, 0) is 0 Å². The largest absolute Gasteiger partial charge is 0.366 e. The third-order valence-corrected chi connectivity index (χ3v) is 3.98. The van der Waals surface area contributed by atoms with Crippen LogP contribution in [0.3, 0.4) is 0 Å². The van der Waals surface area contributed by atoms with Gasteiger partial charge in [-0.25, -0.2) is 9.97 Å². The van der Waals surface area contributed by atoms with Crippen LogP contribution in [0.1, 0.15) is 6.42 Å². The minimum Gasteiger partial charge on any atom is -0.366 e. The second-order valence-corrected chi connectivity index (χ2v) is 5.09. The molecule has 0 amide bonds. The number of para-hydroxylation sites is 1. The summed E-state index contributed by atoms with van der Waals surface area (Å²) in [5, 5.41) is 4.62. The molecular formula is C12H13N3S. The highest BCUT2D eigenvalue weighted by atomic mass is 32.2. The number of nitrogens with one attached hydrogen (secondary N) is 1. The summed E-state index contributed by atoms with van der Waals surface area (Å²) in [5.41, 5.74) is 1.01. The van der Waals surface area contributed by atoms with Gasteiger partial charge in [0.15, 0.2) is 0 Å². The van der Waals surface area contributed by atoms with E-state index in [4.69, 9.17) is 0 Å². The number of fused-ring (bicyclic) bond motifs is 1. The van der Waals surface area contributed by atoms with Gasteiger partial charge in [-0.3, -0.25) is 0 Å². The Morgan fingerprint density at radius 2 is 2.19 bits per heavy atom. The lowest BCUT2D eigenvalue weighted by Gasteiger charge is -2.13. The Morgan fingerprint density at radius 1 is 1.25 bits per heavy atom. The van der Waals surface area contributed by atoms with E-state index in [2.05, 4.69) is 21.4 Å². The summed E-state index contributed by atoms with van der Waals surface area (Å²) >= 11 is 2.00. The number of hydrogen-bond acceptors (Lipinski definition) is 4. The molecule has 1 unspecified atom stereocenters. The number of rotatable bonds is 2. The molecule has 1 aromatic carbocycles. The Balaban J connectivity index is 1.96. The number of benzene rings is 1. The molecule has 1 aliphatic rings. The van der Waals surface area contributed by atoms with Crippen LogP contribution < -0.4 is 5.32 Å². The fraction of sp³-hybridized carbons (Fsp3) is 0.333. The van der Waals surface area contributed by atoms with E-state index in [9.17, 15) is 0 Å². The average molecular weight is 231 g/mol. The molecule has 3 nitrogen and oxygen atoms in total. The Morgan fingerprint density at radius 3 is 3.06 bits per heavy atom. The molecule has 1 aliphatic heterocycles. The quantitative estimate of drug-likeness (QED) is 0.862. The van der Waals surface area contributed by atoms with Gasteiger partial charge in [0, 0.05) is 17.2 Å². The van der Waals surface area contributed by atoms with Crippen molar-refractivity contribution in [3.63, 3.8) is 0 Å². The Labute approximate surface area is 98.7 Å². The molecule has 1 N–H and O–H groups in total. The van der Waals surface area contributed by atoms with Gasteiger partial charge in [0.2, 0.25) is 0 Å². The maximum absolute atomic E-state index is 4.34. The molecule has 0 saturated carbocycles. The molecule has 82 valence electrons. The molecule has 16 heavy (non-hydrogen) atoms. The first-order chi connectivity index (χ1) is 7.93. The van der Waals surface area contributed by atoms with Crippen molar-refractivity contribution in [1.29, 1.82) is 0 Å². The highest BCUT2D eigenvalue weighted by Gasteiger charge is 2.16. The summed E-state index contributed by atoms with van der Waals surface area (Å²) in [4.78, 5) is 8.60. The lowest BCUT2D eigenvalue weighted by atomic mass is 10.2. The van der Waals surface area contributed by atoms with Crippen LogP contribution in [-0.4, -0.2) is 27.5 Å². The average Bonchev–Trinajstić information content (AvgIpc) is 2.82. The zero-order chi connectivity index (χ0) is 10.8. The van der Waals surface area contributed by atoms with E-state index in [1.807, 2.05) is 30.0 Å². The number of nitrogens with zero attached hydrogens (tertiary/aromatic N) is 2. The van der Waals surface area contributed by atoms with Crippen LogP contribution in [0.5, 0.6) is 0 Å². The maximum Gasteiger partial charge on any atom is 0.137 e. The van der Waals surface area contributed by atoms with E-state index in [0.717, 1.165) is 16.7 Å². The predicted molar refractivity (Wildman–Crippen MR) is 68.9 cm³/mol. The van der Waals surface area contributed by atoms with Gasteiger partial charge >= 0.3 is 0 Å². The van der Waals surface area contributed by atoms with E-state index in [1.165, 1.54) is 17.9 Å². The lowest BCUT2D eigenvalue weighted by molar-refractivity contribution is 0.808. The van der Waals surface area contributed by atoms with Gasteiger partial charge in [-0.05, 0) is 24.3 Å². The molecule has 0 radical (unpaired) electrons. The monoisotopic (exact) mass is 231 g/mol. The van der Waals surface area contributed by atoms with Crippen molar-refractivity contribution in [2.24, 2.45) is 0 Å². The van der Waals surface area contributed by atoms with Crippen LogP contribution in [0.25, 0.3) is 10.9 Å². The van der Waals surface area contributed by atoms with Gasteiger partial charge in [-0.15, -0.1) is 0 Å². The molecule has 3 rings (SSSR count). The summed E-state index contributed by atoms with van der Waals surface area (Å²) in [5.74, 6) is 3.40. The zero-order valence-electron chi connectivity index (χ0n) is 8.89. The molecular weight excluding hydrogens is 218 g/mol. The van der Waals surface area contributed by atoms with Crippen LogP contribution in [0.15, 0.2) is 30.6 Å². The summed E-state index contributed by atoms with van der Waals surface area (Å²) < 4.78 is 0. The number of thioether (sulfide) groups is 1. The van der Waals surface area contributed by atoms with Gasteiger partial charge in [0.05, 0.1) is 5.52 Å². The summed E-state index contributed by atoms with van der Waals surface area (Å²) in [6, 6.07) is 8.68. The highest BCUT2D eigenvalue weighted by Crippen LogP contribution is 2.24. The molecule has 1 saturated heterocycles. The molecule has 1 fully saturated rings. The third-order valence-electron chi connectivity index (χ3n) is 2.81. The van der Waals surface area contributed by atoms with Crippen molar-refractivity contribution in [2.75, 3.05) is 16.8 Å². The van der Waals surface area contributed by atoms with E-state index in [-0.39, 0.29) is 0 Å². The van der Waals surface area contributed by atoms with Gasteiger partial charge in [-0.1, -0.05) is 12.1 Å². The lowest BCUT2D eigenvalue weighted by Crippen LogP contribution is -2.19. The number of hydrogen-bond donors (Lipinski definition) is 1. The fourth-order valence-corrected chi connectivity index (χ4v) is 3.11. The minimum atomic E-state index is 0.559. The molecule has 0 aliphatic carbocycles. The second kappa shape index (κ2) is 4.29. The van der Waals surface area contributed by atoms with Crippen LogP contribution >= 0.6 is 11.8 Å². The molecule has 2 heterocycles. The van der Waals surface area contributed by atoms with E-state index < -0.39 is 0 Å². The van der Waals surface area contributed by atoms with Crippen molar-refractivity contribution >= 4 is 28.5 Å². The highest BCUT2D eigenvalue weighted by molar-refractivity contribution is 7.99. The Bertz CT molecular complexity index is 489. The van der Waals surface area contributed by atoms with E-state index in [1.54, 1.807) is 6.33 Å². The van der Waals surface area contributed by atoms with Crippen molar-refractivity contribution in [3.05, 3.63) is 30.6 Å². The first-order valence-corrected chi connectivity index (χ1v) is 6.63. The van der Waals surface area contributed by atoms with Crippen molar-refractivity contribution in [2.45, 2.75) is 12.5 Å². The maximum atomic E-state index is 4.34. The van der Waals surface area contributed by atoms with Gasteiger partial charge < -0.3 is 5.32 Å². The predicted octanol–water partition coefficient (Wildman–Crippen LogP) is 2.55. The molecule has 4 heteroatoms. The Kier molecular flexibility index (Phi) is 2.66. The van der Waals surface area contributed by atoms with Crippen LogP contribution in [0, 0.1) is 0 Å². The molecule has 0 bridgehead atoms. The van der Waals surface area contributed by atoms with Crippen molar-refractivity contribution < 1.29 is 0 Å². The van der Waals surface area contributed by atoms with Gasteiger partial charge in [-0.2, -0.15) is 11.8 Å². The fourth-order valence-electron chi connectivity index (χ4n) is 1.96. The number of anilines is 1. The third kappa shape index (κ3) is 1.85. The molecule has 1 aromatic heterocycles. The van der Waals surface area contributed by atoms with Crippen molar-refractivity contribution in [3.8, 4) is 0 Å². The van der Waals surface area contributed by atoms with Crippen molar-refractivity contribution in [1.82, 2.24) is 9.97 Å². The summed E-state index contributed by atoms with van der Waals surface area (Å²) in [7, 11) is 0. The van der Waals surface area contributed by atoms with Gasteiger partial charge in [0.25, 0.3) is 0 Å². The van der Waals surface area contributed by atoms with E-state index in [0.29, 0.717) is 6.04 Å². The van der Waals surface area contributed by atoms with E-state index >= 15 is 0 Å². The first-order valence-electron chi connectivity index (χ1n) is 5.47. The van der Waals surface area contributed by atoms with Gasteiger partial charge in [0.1, 0.15) is 12.1 Å². The van der Waals surface area contributed by atoms with Crippen LogP contribution in [0.4, 0.5) is 5.82 Å². The zero-order valence-corrected chi connectivity index (χ0v) is 9.70. The standard InChI is InChI=1S/C12H13N3S/c1-2-4-11-10(3-1)12(14-8-13-11)15-9-5-6-16-7-9/h1-4,8-9H,5-7H2,(H,13,14,15). The SMILES string of the molecule is c1ccc2c(NC3CCSC3)ncnc2c1. The molecule has 2 aromatic rings. The topological polar surface area (TPSA) is 37.8 Å². The first kappa shape index (κ1) is 9.90. The normalized spacial score (nSPS) is 20.1. The number of aromatic nitrogens is 2. The summed E-state index contributed by atoms with van der Waals surface area (Å²) in [6.45, 7) is 0. The minimum absolute atomic E-state index is 0.559. The van der Waals surface area contributed by atoms with Crippen LogP contribution in [0.2, 0.25) is 0 Å².